The molecule has 0 radical (unpaired) electrons. The average molecular weight is 495 g/mol. The number of hydrogen-bond acceptors (Lipinski definition) is 7. The van der Waals surface area contributed by atoms with Crippen molar-refractivity contribution < 1.29 is 17.2 Å². The van der Waals surface area contributed by atoms with Gasteiger partial charge in [-0.1, -0.05) is 17.4 Å². The van der Waals surface area contributed by atoms with Crippen LogP contribution in [0, 0.1) is 0 Å². The van der Waals surface area contributed by atoms with Crippen LogP contribution in [0.2, 0.25) is 0 Å². The Morgan fingerprint density at radius 1 is 1.30 bits per heavy atom. The molecule has 33 heavy (non-hydrogen) atoms. The van der Waals surface area contributed by atoms with Crippen LogP contribution in [0.25, 0.3) is 21.9 Å². The standard InChI is InChI=1S/C21H24F2N6O2S2/c1-11-6-13(7-12(2)25-11)15-8-14(33(30,31)28-21(3)4-5-21)10-29-16(9-24-18(15)29)19-26-27-20(32-19)17(22)23/h6,8-12,17,25,28H,4-5,7H2,1-3H3/t11-,12+/m0/s1. The van der Waals surface area contributed by atoms with Gasteiger partial charge in [-0.2, -0.15) is 0 Å². The summed E-state index contributed by atoms with van der Waals surface area (Å²) in [4.78, 5) is 4.62. The number of nitrogens with one attached hydrogen (secondary N) is 2. The van der Waals surface area contributed by atoms with E-state index in [-0.39, 0.29) is 22.0 Å². The fourth-order valence-corrected chi connectivity index (χ4v) is 6.35. The molecule has 0 bridgehead atoms. The second kappa shape index (κ2) is 7.90. The van der Waals surface area contributed by atoms with Gasteiger partial charge < -0.3 is 5.32 Å². The molecule has 0 spiro atoms. The highest BCUT2D eigenvalue weighted by Gasteiger charge is 2.41. The van der Waals surface area contributed by atoms with Gasteiger partial charge in [0.1, 0.15) is 11.3 Å². The van der Waals surface area contributed by atoms with Gasteiger partial charge in [0.15, 0.2) is 10.0 Å². The number of halogens is 2. The van der Waals surface area contributed by atoms with Crippen LogP contribution in [0.4, 0.5) is 8.78 Å². The monoisotopic (exact) mass is 494 g/mol. The predicted octanol–water partition coefficient (Wildman–Crippen LogP) is 3.77. The molecule has 2 N–H and O–H groups in total. The molecular formula is C21H24F2N6O2S2. The summed E-state index contributed by atoms with van der Waals surface area (Å²) in [5.41, 5.74) is 2.21. The molecule has 3 aromatic heterocycles. The summed E-state index contributed by atoms with van der Waals surface area (Å²) in [6.07, 6.45) is 4.60. The van der Waals surface area contributed by atoms with Crippen molar-refractivity contribution in [3.63, 3.8) is 0 Å². The molecule has 0 unspecified atom stereocenters. The Hall–Kier alpha value is -2.28. The Morgan fingerprint density at radius 2 is 2.06 bits per heavy atom. The van der Waals surface area contributed by atoms with Crippen molar-refractivity contribution in [1.29, 1.82) is 0 Å². The van der Waals surface area contributed by atoms with E-state index in [2.05, 4.69) is 38.2 Å². The SMILES string of the molecule is C[C@@H]1CC(c2cc(S(=O)(=O)NC3(C)CC3)cn3c(-c4nnc(C(F)F)s4)cnc23)=C[C@H](C)N1. The Balaban J connectivity index is 1.70. The molecule has 4 heterocycles. The zero-order valence-electron chi connectivity index (χ0n) is 18.3. The molecule has 3 aromatic rings. The molecule has 0 saturated heterocycles. The number of fused-ring (bicyclic) bond motifs is 1. The number of pyridine rings is 1. The van der Waals surface area contributed by atoms with Gasteiger partial charge in [0, 0.05) is 29.4 Å². The lowest BCUT2D eigenvalue weighted by atomic mass is 9.94. The normalized spacial score (nSPS) is 22.7. The van der Waals surface area contributed by atoms with Crippen LogP contribution in [0.1, 0.15) is 57.0 Å². The maximum absolute atomic E-state index is 13.3. The highest BCUT2D eigenvalue weighted by Crippen LogP contribution is 2.37. The van der Waals surface area contributed by atoms with Crippen molar-refractivity contribution in [1.82, 2.24) is 29.6 Å². The lowest BCUT2D eigenvalue weighted by Crippen LogP contribution is -2.37. The molecular weight excluding hydrogens is 470 g/mol. The third-order valence-electron chi connectivity index (χ3n) is 5.99. The highest BCUT2D eigenvalue weighted by atomic mass is 32.2. The summed E-state index contributed by atoms with van der Waals surface area (Å²) >= 11 is 0.766. The van der Waals surface area contributed by atoms with E-state index in [1.54, 1.807) is 10.5 Å². The lowest BCUT2D eigenvalue weighted by molar-refractivity contribution is 0.150. The van der Waals surface area contributed by atoms with E-state index in [0.717, 1.165) is 29.8 Å². The molecule has 5 rings (SSSR count). The van der Waals surface area contributed by atoms with Gasteiger partial charge in [-0.15, -0.1) is 10.2 Å². The van der Waals surface area contributed by atoms with Gasteiger partial charge in [0.05, 0.1) is 11.1 Å². The van der Waals surface area contributed by atoms with E-state index in [1.165, 1.54) is 12.4 Å². The smallest absolute Gasteiger partial charge is 0.291 e. The van der Waals surface area contributed by atoms with E-state index in [0.29, 0.717) is 23.3 Å². The van der Waals surface area contributed by atoms with Gasteiger partial charge in [-0.25, -0.2) is 26.9 Å². The number of aromatic nitrogens is 4. The molecule has 0 amide bonds. The highest BCUT2D eigenvalue weighted by molar-refractivity contribution is 7.89. The van der Waals surface area contributed by atoms with Crippen LogP contribution in [-0.4, -0.2) is 45.6 Å². The number of alkyl halides is 2. The number of sulfonamides is 1. The predicted molar refractivity (Wildman–Crippen MR) is 122 cm³/mol. The van der Waals surface area contributed by atoms with Crippen LogP contribution in [0.3, 0.4) is 0 Å². The Bertz CT molecular complexity index is 1360. The first kappa shape index (κ1) is 22.5. The van der Waals surface area contributed by atoms with Crippen molar-refractivity contribution in [3.8, 4) is 10.7 Å². The lowest BCUT2D eigenvalue weighted by Gasteiger charge is -2.26. The summed E-state index contributed by atoms with van der Waals surface area (Å²) in [5.74, 6) is 0. The molecule has 1 aliphatic heterocycles. The molecule has 1 fully saturated rings. The molecule has 176 valence electrons. The maximum Gasteiger partial charge on any atom is 0.291 e. The van der Waals surface area contributed by atoms with Gasteiger partial charge in [0.25, 0.3) is 6.43 Å². The van der Waals surface area contributed by atoms with Crippen LogP contribution < -0.4 is 10.0 Å². The molecule has 1 aliphatic carbocycles. The van der Waals surface area contributed by atoms with Gasteiger partial charge in [-0.05, 0) is 51.7 Å². The molecule has 0 aromatic carbocycles. The van der Waals surface area contributed by atoms with Crippen LogP contribution in [0.5, 0.6) is 0 Å². The third-order valence-corrected chi connectivity index (χ3v) is 8.55. The zero-order valence-corrected chi connectivity index (χ0v) is 20.0. The Kier molecular flexibility index (Phi) is 5.39. The van der Waals surface area contributed by atoms with E-state index in [4.69, 9.17) is 0 Å². The second-order valence-electron chi connectivity index (χ2n) is 9.09. The summed E-state index contributed by atoms with van der Waals surface area (Å²) in [5, 5.41) is 10.8. The number of imidazole rings is 1. The first-order valence-electron chi connectivity index (χ1n) is 10.7. The first-order chi connectivity index (χ1) is 15.5. The minimum absolute atomic E-state index is 0.0933. The minimum Gasteiger partial charge on any atom is -0.308 e. The Labute approximate surface area is 194 Å². The molecule has 8 nitrogen and oxygen atoms in total. The van der Waals surface area contributed by atoms with Crippen molar-refractivity contribution in [2.24, 2.45) is 0 Å². The minimum atomic E-state index is -3.81. The van der Waals surface area contributed by atoms with Crippen molar-refractivity contribution >= 4 is 32.6 Å². The van der Waals surface area contributed by atoms with Crippen molar-refractivity contribution in [2.75, 3.05) is 0 Å². The van der Waals surface area contributed by atoms with E-state index in [9.17, 15) is 17.2 Å². The summed E-state index contributed by atoms with van der Waals surface area (Å²) in [7, 11) is -3.81. The number of nitrogens with zero attached hydrogens (tertiary/aromatic N) is 4. The summed E-state index contributed by atoms with van der Waals surface area (Å²) < 4.78 is 57.1. The second-order valence-corrected chi connectivity index (χ2v) is 11.8. The first-order valence-corrected chi connectivity index (χ1v) is 13.0. The molecule has 1 saturated carbocycles. The largest absolute Gasteiger partial charge is 0.308 e. The Morgan fingerprint density at radius 3 is 2.70 bits per heavy atom. The fourth-order valence-electron chi connectivity index (χ4n) is 4.16. The zero-order chi connectivity index (χ0) is 23.5. The van der Waals surface area contributed by atoms with Crippen LogP contribution in [0.15, 0.2) is 29.4 Å². The van der Waals surface area contributed by atoms with Crippen LogP contribution >= 0.6 is 11.3 Å². The van der Waals surface area contributed by atoms with E-state index < -0.39 is 27.0 Å². The average Bonchev–Trinajstić information content (AvgIpc) is 3.14. The molecule has 2 atom stereocenters. The van der Waals surface area contributed by atoms with Gasteiger partial charge in [0.2, 0.25) is 10.0 Å². The van der Waals surface area contributed by atoms with E-state index >= 15 is 0 Å². The van der Waals surface area contributed by atoms with Crippen molar-refractivity contribution in [2.45, 2.75) is 69.0 Å². The molecule has 2 aliphatic rings. The number of hydrogen-bond donors (Lipinski definition) is 2. The topological polar surface area (TPSA) is 101 Å². The van der Waals surface area contributed by atoms with Crippen molar-refractivity contribution in [3.05, 3.63) is 35.1 Å². The molecule has 12 heteroatoms. The van der Waals surface area contributed by atoms with E-state index in [1.807, 2.05) is 13.8 Å². The van der Waals surface area contributed by atoms with Crippen LogP contribution in [-0.2, 0) is 10.0 Å². The van der Waals surface area contributed by atoms with Gasteiger partial charge >= 0.3 is 0 Å². The fraction of sp³-hybridized carbons (Fsp3) is 0.476. The number of rotatable bonds is 6. The maximum atomic E-state index is 13.3. The third kappa shape index (κ3) is 4.32. The summed E-state index contributed by atoms with van der Waals surface area (Å²) in [6.45, 7) is 5.98. The quantitative estimate of drug-likeness (QED) is 0.541. The summed E-state index contributed by atoms with van der Waals surface area (Å²) in [6, 6.07) is 1.97. The van der Waals surface area contributed by atoms with Gasteiger partial charge in [-0.3, -0.25) is 4.40 Å².